The molecule has 0 bridgehead atoms. The molecule has 0 N–H and O–H groups in total. The average molecular weight is 373 g/mol. The Labute approximate surface area is 156 Å². The number of ether oxygens (including phenoxy) is 1. The van der Waals surface area contributed by atoms with Crippen LogP contribution in [0.4, 0.5) is 15.8 Å². The molecule has 142 valence electrons. The molecule has 8 heteroatoms. The van der Waals surface area contributed by atoms with Gasteiger partial charge in [-0.05, 0) is 43.3 Å². The number of aryl methyl sites for hydroxylation is 1. The molecule has 1 heterocycles. The summed E-state index contributed by atoms with van der Waals surface area (Å²) in [6.45, 7) is 3.98. The first-order valence-electron chi connectivity index (χ1n) is 8.60. The lowest BCUT2D eigenvalue weighted by atomic mass is 10.1. The molecule has 0 radical (unpaired) electrons. The summed E-state index contributed by atoms with van der Waals surface area (Å²) in [5.74, 6) is -0.0325. The standard InChI is InChI=1S/C19H20FN3O4/c1-14-12-16(4-7-18(14)23(25)26)21-8-10-22(11-9-21)19(24)13-27-17-5-2-15(20)3-6-17/h2-7,12H,8-11,13H2,1H3. The van der Waals surface area contributed by atoms with Crippen LogP contribution >= 0.6 is 0 Å². The van der Waals surface area contributed by atoms with Crippen LogP contribution in [-0.4, -0.2) is 48.5 Å². The molecule has 7 nitrogen and oxygen atoms in total. The summed E-state index contributed by atoms with van der Waals surface area (Å²) >= 11 is 0. The predicted molar refractivity (Wildman–Crippen MR) is 98.5 cm³/mol. The normalized spacial score (nSPS) is 14.1. The van der Waals surface area contributed by atoms with E-state index in [4.69, 9.17) is 4.74 Å². The Morgan fingerprint density at radius 1 is 1.15 bits per heavy atom. The second-order valence-electron chi connectivity index (χ2n) is 6.34. The highest BCUT2D eigenvalue weighted by Gasteiger charge is 2.22. The maximum Gasteiger partial charge on any atom is 0.272 e. The largest absolute Gasteiger partial charge is 0.484 e. The molecule has 2 aromatic rings. The molecule has 0 unspecified atom stereocenters. The number of halogens is 1. The third kappa shape index (κ3) is 4.52. The molecule has 0 atom stereocenters. The minimum Gasteiger partial charge on any atom is -0.484 e. The minimum atomic E-state index is -0.392. The van der Waals surface area contributed by atoms with Gasteiger partial charge in [0.2, 0.25) is 0 Å². The second-order valence-corrected chi connectivity index (χ2v) is 6.34. The number of rotatable bonds is 5. The maximum atomic E-state index is 12.9. The highest BCUT2D eigenvalue weighted by atomic mass is 19.1. The zero-order valence-electron chi connectivity index (χ0n) is 14.9. The number of piperazine rings is 1. The van der Waals surface area contributed by atoms with E-state index in [0.717, 1.165) is 5.69 Å². The highest BCUT2D eigenvalue weighted by Crippen LogP contribution is 2.25. The van der Waals surface area contributed by atoms with Crippen LogP contribution in [0.1, 0.15) is 5.56 Å². The number of nitrogens with zero attached hydrogens (tertiary/aromatic N) is 3. The molecule has 0 spiro atoms. The number of amides is 1. The fourth-order valence-corrected chi connectivity index (χ4v) is 3.02. The van der Waals surface area contributed by atoms with Crippen LogP contribution in [0.15, 0.2) is 42.5 Å². The van der Waals surface area contributed by atoms with Crippen molar-refractivity contribution in [3.05, 3.63) is 64.0 Å². The van der Waals surface area contributed by atoms with Crippen LogP contribution in [-0.2, 0) is 4.79 Å². The lowest BCUT2D eigenvalue weighted by Gasteiger charge is -2.36. The van der Waals surface area contributed by atoms with Crippen molar-refractivity contribution >= 4 is 17.3 Å². The van der Waals surface area contributed by atoms with Crippen LogP contribution in [0.3, 0.4) is 0 Å². The molecular formula is C19H20FN3O4. The number of anilines is 1. The summed E-state index contributed by atoms with van der Waals surface area (Å²) in [6, 6.07) is 10.6. The van der Waals surface area contributed by atoms with Crippen LogP contribution in [0, 0.1) is 22.9 Å². The smallest absolute Gasteiger partial charge is 0.272 e. The van der Waals surface area contributed by atoms with Gasteiger partial charge in [0.15, 0.2) is 6.61 Å². The summed E-state index contributed by atoms with van der Waals surface area (Å²) in [5.41, 5.74) is 1.63. The Balaban J connectivity index is 1.52. The van der Waals surface area contributed by atoms with Crippen LogP contribution in [0.5, 0.6) is 5.75 Å². The third-order valence-corrected chi connectivity index (χ3v) is 4.55. The number of hydrogen-bond donors (Lipinski definition) is 0. The van der Waals surface area contributed by atoms with Crippen molar-refractivity contribution in [1.82, 2.24) is 4.90 Å². The van der Waals surface area contributed by atoms with Crippen LogP contribution in [0.25, 0.3) is 0 Å². The van der Waals surface area contributed by atoms with E-state index in [2.05, 4.69) is 4.90 Å². The number of carbonyl (C=O) groups is 1. The Bertz CT molecular complexity index is 833. The van der Waals surface area contributed by atoms with E-state index in [-0.39, 0.29) is 24.0 Å². The number of carbonyl (C=O) groups excluding carboxylic acids is 1. The molecule has 1 saturated heterocycles. The van der Waals surface area contributed by atoms with Gasteiger partial charge >= 0.3 is 0 Å². The maximum absolute atomic E-state index is 12.9. The summed E-state index contributed by atoms with van der Waals surface area (Å²) in [5, 5.41) is 10.9. The van der Waals surface area contributed by atoms with Gasteiger partial charge in [0.25, 0.3) is 11.6 Å². The Hall–Kier alpha value is -3.16. The summed E-state index contributed by atoms with van der Waals surface area (Å²) in [4.78, 5) is 26.6. The molecule has 2 aromatic carbocycles. The first kappa shape index (κ1) is 18.6. The van der Waals surface area contributed by atoms with Crippen molar-refractivity contribution in [2.45, 2.75) is 6.92 Å². The number of nitro benzene ring substituents is 1. The number of nitro groups is 1. The Kier molecular flexibility index (Phi) is 5.54. The molecular weight excluding hydrogens is 353 g/mol. The lowest BCUT2D eigenvalue weighted by Crippen LogP contribution is -2.50. The average Bonchev–Trinajstić information content (AvgIpc) is 2.67. The predicted octanol–water partition coefficient (Wildman–Crippen LogP) is 2.77. The lowest BCUT2D eigenvalue weighted by molar-refractivity contribution is -0.385. The first-order chi connectivity index (χ1) is 12.9. The van der Waals surface area contributed by atoms with E-state index in [9.17, 15) is 19.3 Å². The fraction of sp³-hybridized carbons (Fsp3) is 0.316. The summed E-state index contributed by atoms with van der Waals surface area (Å²) in [6.07, 6.45) is 0. The van der Waals surface area contributed by atoms with Crippen molar-refractivity contribution in [2.75, 3.05) is 37.7 Å². The molecule has 3 rings (SSSR count). The van der Waals surface area contributed by atoms with Gasteiger partial charge in [-0.25, -0.2) is 4.39 Å². The highest BCUT2D eigenvalue weighted by molar-refractivity contribution is 5.78. The van der Waals surface area contributed by atoms with Crippen LogP contribution < -0.4 is 9.64 Å². The van der Waals surface area contributed by atoms with Crippen molar-refractivity contribution in [1.29, 1.82) is 0 Å². The second kappa shape index (κ2) is 8.03. The first-order valence-corrected chi connectivity index (χ1v) is 8.60. The van der Waals surface area contributed by atoms with Gasteiger partial charge < -0.3 is 14.5 Å². The quantitative estimate of drug-likeness (QED) is 0.595. The van der Waals surface area contributed by atoms with Crippen molar-refractivity contribution in [3.8, 4) is 5.75 Å². The zero-order chi connectivity index (χ0) is 19.4. The number of benzene rings is 2. The van der Waals surface area contributed by atoms with E-state index >= 15 is 0 Å². The van der Waals surface area contributed by atoms with Gasteiger partial charge in [0, 0.05) is 43.5 Å². The van der Waals surface area contributed by atoms with Gasteiger partial charge in [0.05, 0.1) is 4.92 Å². The van der Waals surface area contributed by atoms with E-state index < -0.39 is 4.92 Å². The molecule has 27 heavy (non-hydrogen) atoms. The zero-order valence-corrected chi connectivity index (χ0v) is 14.9. The topological polar surface area (TPSA) is 75.9 Å². The van der Waals surface area contributed by atoms with Gasteiger partial charge in [-0.15, -0.1) is 0 Å². The number of hydrogen-bond acceptors (Lipinski definition) is 5. The molecule has 0 aliphatic carbocycles. The summed E-state index contributed by atoms with van der Waals surface area (Å²) in [7, 11) is 0. The molecule has 0 aromatic heterocycles. The Morgan fingerprint density at radius 2 is 1.81 bits per heavy atom. The fourth-order valence-electron chi connectivity index (χ4n) is 3.02. The minimum absolute atomic E-state index is 0.0950. The molecule has 1 amide bonds. The van der Waals surface area contributed by atoms with Gasteiger partial charge in [-0.1, -0.05) is 0 Å². The summed E-state index contributed by atoms with van der Waals surface area (Å²) < 4.78 is 18.3. The van der Waals surface area contributed by atoms with Crippen LogP contribution in [0.2, 0.25) is 0 Å². The Morgan fingerprint density at radius 3 is 2.41 bits per heavy atom. The SMILES string of the molecule is Cc1cc(N2CCN(C(=O)COc3ccc(F)cc3)CC2)ccc1[N+](=O)[O-]. The van der Waals surface area contributed by atoms with E-state index in [1.165, 1.54) is 30.3 Å². The van der Waals surface area contributed by atoms with Gasteiger partial charge in [0.1, 0.15) is 11.6 Å². The van der Waals surface area contributed by atoms with Gasteiger partial charge in [-0.2, -0.15) is 0 Å². The molecule has 1 aliphatic rings. The van der Waals surface area contributed by atoms with E-state index in [1.54, 1.807) is 24.0 Å². The van der Waals surface area contributed by atoms with E-state index in [0.29, 0.717) is 37.5 Å². The third-order valence-electron chi connectivity index (χ3n) is 4.55. The monoisotopic (exact) mass is 373 g/mol. The van der Waals surface area contributed by atoms with Crippen molar-refractivity contribution in [3.63, 3.8) is 0 Å². The van der Waals surface area contributed by atoms with Crippen molar-refractivity contribution in [2.24, 2.45) is 0 Å². The van der Waals surface area contributed by atoms with Gasteiger partial charge in [-0.3, -0.25) is 14.9 Å². The molecule has 1 fully saturated rings. The van der Waals surface area contributed by atoms with E-state index in [1.807, 2.05) is 0 Å². The van der Waals surface area contributed by atoms with Crippen molar-refractivity contribution < 1.29 is 18.8 Å². The molecule has 0 saturated carbocycles. The molecule has 1 aliphatic heterocycles.